The standard InChI is InChI=1S/C17H36/c1-8-12-15(9-2)13-16(10-3)17(7,11-4)14(5)6/h14-16H,8-13H2,1-7H3. The van der Waals surface area contributed by atoms with Crippen molar-refractivity contribution in [2.45, 2.75) is 87.0 Å². The molecule has 0 fully saturated rings. The van der Waals surface area contributed by atoms with E-state index in [2.05, 4.69) is 48.5 Å². The van der Waals surface area contributed by atoms with Crippen molar-refractivity contribution in [1.82, 2.24) is 0 Å². The summed E-state index contributed by atoms with van der Waals surface area (Å²) in [7, 11) is 0. The molecule has 104 valence electrons. The van der Waals surface area contributed by atoms with Crippen LogP contribution in [0.3, 0.4) is 0 Å². The van der Waals surface area contributed by atoms with E-state index in [1.54, 1.807) is 0 Å². The Morgan fingerprint density at radius 2 is 1.53 bits per heavy atom. The Labute approximate surface area is 111 Å². The summed E-state index contributed by atoms with van der Waals surface area (Å²) in [6, 6.07) is 0. The molecular formula is C17H36. The highest BCUT2D eigenvalue weighted by Crippen LogP contribution is 2.44. The van der Waals surface area contributed by atoms with Gasteiger partial charge >= 0.3 is 0 Å². The molecule has 3 atom stereocenters. The molecule has 0 aromatic carbocycles. The SMILES string of the molecule is CCCC(CC)CC(CC)C(C)(CC)C(C)C. The Hall–Kier alpha value is 0. The van der Waals surface area contributed by atoms with Gasteiger partial charge in [0.25, 0.3) is 0 Å². The van der Waals surface area contributed by atoms with E-state index in [4.69, 9.17) is 0 Å². The summed E-state index contributed by atoms with van der Waals surface area (Å²) >= 11 is 0. The molecule has 0 N–H and O–H groups in total. The second-order valence-electron chi connectivity index (χ2n) is 6.42. The molecule has 0 heteroatoms. The molecule has 0 nitrogen and oxygen atoms in total. The number of hydrogen-bond acceptors (Lipinski definition) is 0. The van der Waals surface area contributed by atoms with Crippen molar-refractivity contribution >= 4 is 0 Å². The van der Waals surface area contributed by atoms with E-state index in [1.807, 2.05) is 0 Å². The molecule has 0 radical (unpaired) electrons. The first kappa shape index (κ1) is 17.0. The van der Waals surface area contributed by atoms with Crippen LogP contribution in [-0.2, 0) is 0 Å². The lowest BCUT2D eigenvalue weighted by Gasteiger charge is -2.42. The molecule has 0 rings (SSSR count). The van der Waals surface area contributed by atoms with E-state index in [1.165, 1.54) is 38.5 Å². The van der Waals surface area contributed by atoms with Crippen LogP contribution in [0.4, 0.5) is 0 Å². The quantitative estimate of drug-likeness (QED) is 0.443. The van der Waals surface area contributed by atoms with Gasteiger partial charge in [-0.1, -0.05) is 80.6 Å². The third kappa shape index (κ3) is 4.64. The van der Waals surface area contributed by atoms with Crippen LogP contribution in [0.2, 0.25) is 0 Å². The van der Waals surface area contributed by atoms with Crippen molar-refractivity contribution in [3.63, 3.8) is 0 Å². The van der Waals surface area contributed by atoms with E-state index in [0.29, 0.717) is 5.41 Å². The molecule has 0 heterocycles. The maximum absolute atomic E-state index is 2.52. The van der Waals surface area contributed by atoms with E-state index in [-0.39, 0.29) is 0 Å². The van der Waals surface area contributed by atoms with Crippen LogP contribution in [0.5, 0.6) is 0 Å². The van der Waals surface area contributed by atoms with E-state index in [9.17, 15) is 0 Å². The van der Waals surface area contributed by atoms with Gasteiger partial charge in [0.1, 0.15) is 0 Å². The van der Waals surface area contributed by atoms with Gasteiger partial charge in [0.15, 0.2) is 0 Å². The minimum absolute atomic E-state index is 0.538. The number of rotatable bonds is 9. The van der Waals surface area contributed by atoms with Crippen molar-refractivity contribution in [3.8, 4) is 0 Å². The van der Waals surface area contributed by atoms with E-state index in [0.717, 1.165) is 17.8 Å². The van der Waals surface area contributed by atoms with Crippen LogP contribution < -0.4 is 0 Å². The predicted molar refractivity (Wildman–Crippen MR) is 80.3 cm³/mol. The van der Waals surface area contributed by atoms with Gasteiger partial charge in [-0.2, -0.15) is 0 Å². The Balaban J connectivity index is 4.68. The fourth-order valence-electron chi connectivity index (χ4n) is 3.37. The summed E-state index contributed by atoms with van der Waals surface area (Å²) in [6.45, 7) is 16.8. The molecule has 17 heavy (non-hydrogen) atoms. The van der Waals surface area contributed by atoms with Gasteiger partial charge in [-0.25, -0.2) is 0 Å². The molecule has 0 aliphatic rings. The van der Waals surface area contributed by atoms with Crippen LogP contribution in [0, 0.1) is 23.2 Å². The van der Waals surface area contributed by atoms with Crippen molar-refractivity contribution in [2.75, 3.05) is 0 Å². The van der Waals surface area contributed by atoms with E-state index < -0.39 is 0 Å². The maximum atomic E-state index is 2.52. The molecule has 0 bridgehead atoms. The molecule has 0 spiro atoms. The van der Waals surface area contributed by atoms with Gasteiger partial charge in [-0.05, 0) is 29.6 Å². The first-order valence-electron chi connectivity index (χ1n) is 7.96. The molecule has 0 aliphatic heterocycles. The molecule has 0 aromatic heterocycles. The lowest BCUT2D eigenvalue weighted by molar-refractivity contribution is 0.0794. The Kier molecular flexibility index (Phi) is 8.16. The van der Waals surface area contributed by atoms with Crippen LogP contribution in [0.25, 0.3) is 0 Å². The average Bonchev–Trinajstić information content (AvgIpc) is 2.33. The van der Waals surface area contributed by atoms with Gasteiger partial charge in [0.2, 0.25) is 0 Å². The van der Waals surface area contributed by atoms with Gasteiger partial charge in [0.05, 0.1) is 0 Å². The molecule has 0 aliphatic carbocycles. The fraction of sp³-hybridized carbons (Fsp3) is 1.00. The third-order valence-corrected chi connectivity index (χ3v) is 5.40. The zero-order valence-corrected chi connectivity index (χ0v) is 13.5. The molecule has 0 saturated carbocycles. The van der Waals surface area contributed by atoms with Crippen LogP contribution in [0.1, 0.15) is 87.0 Å². The fourth-order valence-corrected chi connectivity index (χ4v) is 3.37. The van der Waals surface area contributed by atoms with Crippen molar-refractivity contribution in [2.24, 2.45) is 23.2 Å². The monoisotopic (exact) mass is 240 g/mol. The summed E-state index contributed by atoms with van der Waals surface area (Å²) in [5.41, 5.74) is 0.538. The molecule has 3 unspecified atom stereocenters. The smallest absolute Gasteiger partial charge is 0.0277 e. The van der Waals surface area contributed by atoms with Gasteiger partial charge in [-0.3, -0.25) is 0 Å². The minimum Gasteiger partial charge on any atom is -0.0654 e. The molecule has 0 aromatic rings. The molecular weight excluding hydrogens is 204 g/mol. The average molecular weight is 240 g/mol. The summed E-state index contributed by atoms with van der Waals surface area (Å²) in [6.07, 6.45) is 8.25. The highest BCUT2D eigenvalue weighted by Gasteiger charge is 2.35. The topological polar surface area (TPSA) is 0 Å². The Morgan fingerprint density at radius 3 is 1.82 bits per heavy atom. The van der Waals surface area contributed by atoms with Crippen LogP contribution >= 0.6 is 0 Å². The lowest BCUT2D eigenvalue weighted by atomic mass is 9.63. The highest BCUT2D eigenvalue weighted by atomic mass is 14.4. The first-order valence-corrected chi connectivity index (χ1v) is 7.96. The van der Waals surface area contributed by atoms with Gasteiger partial charge < -0.3 is 0 Å². The molecule has 0 saturated heterocycles. The summed E-state index contributed by atoms with van der Waals surface area (Å²) < 4.78 is 0. The number of hydrogen-bond donors (Lipinski definition) is 0. The third-order valence-electron chi connectivity index (χ3n) is 5.40. The summed E-state index contributed by atoms with van der Waals surface area (Å²) in [4.78, 5) is 0. The summed E-state index contributed by atoms with van der Waals surface area (Å²) in [5.74, 6) is 2.66. The Bertz CT molecular complexity index is 182. The van der Waals surface area contributed by atoms with E-state index >= 15 is 0 Å². The highest BCUT2D eigenvalue weighted by molar-refractivity contribution is 4.84. The van der Waals surface area contributed by atoms with Gasteiger partial charge in [-0.15, -0.1) is 0 Å². The molecule has 0 amide bonds. The maximum Gasteiger partial charge on any atom is -0.0277 e. The van der Waals surface area contributed by atoms with Crippen LogP contribution in [-0.4, -0.2) is 0 Å². The van der Waals surface area contributed by atoms with Crippen molar-refractivity contribution in [3.05, 3.63) is 0 Å². The second kappa shape index (κ2) is 8.16. The van der Waals surface area contributed by atoms with Crippen molar-refractivity contribution in [1.29, 1.82) is 0 Å². The van der Waals surface area contributed by atoms with Gasteiger partial charge in [0, 0.05) is 0 Å². The zero-order chi connectivity index (χ0) is 13.5. The first-order chi connectivity index (χ1) is 7.96. The largest absolute Gasteiger partial charge is 0.0654 e. The lowest BCUT2D eigenvalue weighted by Crippen LogP contribution is -2.33. The summed E-state index contributed by atoms with van der Waals surface area (Å²) in [5, 5.41) is 0. The second-order valence-corrected chi connectivity index (χ2v) is 6.42. The zero-order valence-electron chi connectivity index (χ0n) is 13.5. The Morgan fingerprint density at radius 1 is 0.941 bits per heavy atom. The normalized spacial score (nSPS) is 19.1. The predicted octanol–water partition coefficient (Wildman–Crippen LogP) is 6.30. The van der Waals surface area contributed by atoms with Crippen molar-refractivity contribution < 1.29 is 0 Å². The minimum atomic E-state index is 0.538. The van der Waals surface area contributed by atoms with Crippen LogP contribution in [0.15, 0.2) is 0 Å².